The molecule has 3 nitrogen and oxygen atoms in total. The average molecular weight is 820 g/mol. The van der Waals surface area contributed by atoms with Crippen molar-refractivity contribution in [3.05, 3.63) is 115 Å². The first kappa shape index (κ1) is 33.8. The molecule has 3 heterocycles. The van der Waals surface area contributed by atoms with Crippen LogP contribution in [0.1, 0.15) is 51.7 Å². The Kier molecular flexibility index (Phi) is 10.7. The molecule has 0 aliphatic rings. The fourth-order valence-electron chi connectivity index (χ4n) is 5.41. The summed E-state index contributed by atoms with van der Waals surface area (Å²) in [6.45, 7) is 11.3. The van der Waals surface area contributed by atoms with E-state index in [-0.39, 0.29) is 20.1 Å². The molecule has 3 aromatic carbocycles. The van der Waals surface area contributed by atoms with Crippen molar-refractivity contribution in [3.8, 4) is 22.5 Å². The molecule has 3 aromatic heterocycles. The molecule has 229 valence electrons. The Morgan fingerprint density at radius 1 is 0.818 bits per heavy atom. The van der Waals surface area contributed by atoms with Crippen LogP contribution in [0.4, 0.5) is 0 Å². The number of benzene rings is 3. The average Bonchev–Trinajstić information content (AvgIpc) is 3.35. The first-order valence-electron chi connectivity index (χ1n) is 15.2. The molecule has 0 aliphatic heterocycles. The predicted molar refractivity (Wildman–Crippen MR) is 185 cm³/mol. The van der Waals surface area contributed by atoms with E-state index in [1.807, 2.05) is 48.7 Å². The van der Waals surface area contributed by atoms with Crippen LogP contribution in [0.15, 0.2) is 95.7 Å². The van der Waals surface area contributed by atoms with Gasteiger partial charge in [0, 0.05) is 31.7 Å². The number of rotatable bonds is 5. The van der Waals surface area contributed by atoms with Crippen LogP contribution >= 0.6 is 0 Å². The van der Waals surface area contributed by atoms with E-state index in [9.17, 15) is 0 Å². The van der Waals surface area contributed by atoms with Gasteiger partial charge in [-0.25, -0.2) is 0 Å². The largest absolute Gasteiger partial charge is 0.501 e. The van der Waals surface area contributed by atoms with Crippen LogP contribution in [-0.4, -0.2) is 23.2 Å². The van der Waals surface area contributed by atoms with Crippen LogP contribution in [0.25, 0.3) is 44.5 Å². The van der Waals surface area contributed by atoms with Gasteiger partial charge in [-0.15, -0.1) is 18.2 Å². The Morgan fingerprint density at radius 3 is 2.25 bits per heavy atom. The van der Waals surface area contributed by atoms with E-state index < -0.39 is 13.3 Å². The Balaban J connectivity index is 0.000000197. The SMILES string of the molecule is CC(C)(C)Cc1cc(-c2[c-]cccc2)nc[c]1[Ge]([CH3])([CH3])[CH3].CC(C)c1ccnc(-c2[c-]ccc3c2oc2ccccc23)c1.[Ir]. The van der Waals surface area contributed by atoms with E-state index in [0.717, 1.165) is 50.9 Å². The minimum Gasteiger partial charge on any atom is -0.501 e. The van der Waals surface area contributed by atoms with Gasteiger partial charge in [-0.1, -0.05) is 54.6 Å². The number of para-hydroxylation sites is 1. The summed E-state index contributed by atoms with van der Waals surface area (Å²) < 4.78 is 7.60. The molecule has 6 aromatic rings. The Hall–Kier alpha value is -3.05. The third-order valence-electron chi connectivity index (χ3n) is 7.55. The zero-order valence-corrected chi connectivity index (χ0v) is 31.6. The van der Waals surface area contributed by atoms with Gasteiger partial charge < -0.3 is 9.40 Å². The van der Waals surface area contributed by atoms with Crippen molar-refractivity contribution in [1.29, 1.82) is 0 Å². The van der Waals surface area contributed by atoms with Crippen molar-refractivity contribution < 1.29 is 24.5 Å². The molecule has 0 fully saturated rings. The Bertz CT molecular complexity index is 1850. The number of nitrogens with zero attached hydrogens (tertiary/aromatic N) is 2. The van der Waals surface area contributed by atoms with Crippen LogP contribution in [0.3, 0.4) is 0 Å². The summed E-state index contributed by atoms with van der Waals surface area (Å²) in [5.74, 6) is 7.79. The summed E-state index contributed by atoms with van der Waals surface area (Å²) in [5.41, 5.74) is 8.78. The predicted octanol–water partition coefficient (Wildman–Crippen LogP) is 10.3. The second-order valence-corrected chi connectivity index (χ2v) is 24.4. The summed E-state index contributed by atoms with van der Waals surface area (Å²) in [5, 5.41) is 2.24. The molecule has 0 N–H and O–H groups in total. The van der Waals surface area contributed by atoms with Gasteiger partial charge >= 0.3 is 132 Å². The van der Waals surface area contributed by atoms with Gasteiger partial charge in [0.25, 0.3) is 0 Å². The maximum absolute atomic E-state index is 6.07. The first-order chi connectivity index (χ1) is 20.4. The minimum absolute atomic E-state index is 0. The molecular weight excluding hydrogens is 777 g/mol. The summed E-state index contributed by atoms with van der Waals surface area (Å²) in [6.07, 6.45) is 5.10. The topological polar surface area (TPSA) is 38.9 Å². The van der Waals surface area contributed by atoms with Gasteiger partial charge in [-0.3, -0.25) is 0 Å². The molecule has 0 amide bonds. The summed E-state index contributed by atoms with van der Waals surface area (Å²) in [6, 6.07) is 33.3. The molecule has 0 saturated heterocycles. The zero-order chi connectivity index (χ0) is 30.8. The Morgan fingerprint density at radius 2 is 1.57 bits per heavy atom. The number of hydrogen-bond donors (Lipinski definition) is 0. The molecule has 0 atom stereocenters. The quantitative estimate of drug-likeness (QED) is 0.129. The van der Waals surface area contributed by atoms with Crippen molar-refractivity contribution >= 4 is 39.6 Å². The molecular formula is C39H42GeIrN2O-2. The molecule has 0 bridgehead atoms. The van der Waals surface area contributed by atoms with Gasteiger partial charge in [0.1, 0.15) is 5.58 Å². The number of aromatic nitrogens is 2. The van der Waals surface area contributed by atoms with Crippen molar-refractivity contribution in [3.63, 3.8) is 0 Å². The fourth-order valence-corrected chi connectivity index (χ4v) is 8.72. The van der Waals surface area contributed by atoms with Crippen LogP contribution in [0.5, 0.6) is 0 Å². The second-order valence-electron chi connectivity index (χ2n) is 13.8. The van der Waals surface area contributed by atoms with E-state index in [4.69, 9.17) is 9.40 Å². The van der Waals surface area contributed by atoms with Gasteiger partial charge in [-0.05, 0) is 23.7 Å². The monoisotopic (exact) mass is 821 g/mol. The van der Waals surface area contributed by atoms with E-state index in [2.05, 4.69) is 112 Å². The molecule has 1 radical (unpaired) electrons. The number of fused-ring (bicyclic) bond motifs is 3. The molecule has 6 rings (SSSR count). The first-order valence-corrected chi connectivity index (χ1v) is 22.5. The maximum atomic E-state index is 6.07. The Labute approximate surface area is 279 Å². The molecule has 0 aliphatic carbocycles. The van der Waals surface area contributed by atoms with E-state index in [0.29, 0.717) is 11.3 Å². The summed E-state index contributed by atoms with van der Waals surface area (Å²) in [7, 11) is 0. The second kappa shape index (κ2) is 13.9. The number of hydrogen-bond acceptors (Lipinski definition) is 3. The van der Waals surface area contributed by atoms with Gasteiger partial charge in [0.2, 0.25) is 0 Å². The van der Waals surface area contributed by atoms with Crippen molar-refractivity contribution in [2.75, 3.05) is 0 Å². The standard InChI is InChI=1S/C20H16NO.C19H26GeN.Ir/c1-13(2)14-10-11-21-18(12-14)17-8-5-7-16-15-6-3-4-9-19(15)22-20(16)17;1-19(2,3)13-16-12-18(15-10-8-7-9-11-15)21-14-17(16)20(4,5)6;/h3-7,9-13H,1-2H3;7-10,12,14H,13H2,1-6H3;/q2*-1;. The molecule has 44 heavy (non-hydrogen) atoms. The van der Waals surface area contributed by atoms with E-state index >= 15 is 0 Å². The van der Waals surface area contributed by atoms with Gasteiger partial charge in [0.15, 0.2) is 0 Å². The number of pyridine rings is 2. The third kappa shape index (κ3) is 7.96. The van der Waals surface area contributed by atoms with Crippen molar-refractivity contribution in [2.24, 2.45) is 5.41 Å². The molecule has 0 saturated carbocycles. The summed E-state index contributed by atoms with van der Waals surface area (Å²) in [4.78, 5) is 9.24. The smallest absolute Gasteiger partial charge is 0.120 e. The molecule has 5 heteroatoms. The van der Waals surface area contributed by atoms with Crippen LogP contribution in [0, 0.1) is 17.5 Å². The van der Waals surface area contributed by atoms with Crippen molar-refractivity contribution in [1.82, 2.24) is 9.97 Å². The minimum atomic E-state index is -1.90. The van der Waals surface area contributed by atoms with Crippen LogP contribution in [-0.2, 0) is 26.5 Å². The summed E-state index contributed by atoms with van der Waals surface area (Å²) >= 11 is -1.90. The van der Waals surface area contributed by atoms with Crippen LogP contribution in [0.2, 0.25) is 17.3 Å². The van der Waals surface area contributed by atoms with Crippen molar-refractivity contribution in [2.45, 2.75) is 64.2 Å². The van der Waals surface area contributed by atoms with Crippen LogP contribution < -0.4 is 4.40 Å². The fraction of sp³-hybridized carbons (Fsp3) is 0.282. The van der Waals surface area contributed by atoms with Gasteiger partial charge in [-0.2, -0.15) is 0 Å². The molecule has 0 spiro atoms. The van der Waals surface area contributed by atoms with E-state index in [1.54, 1.807) is 0 Å². The maximum Gasteiger partial charge on any atom is 0.120 e. The number of furan rings is 1. The zero-order valence-electron chi connectivity index (χ0n) is 27.1. The van der Waals surface area contributed by atoms with E-state index in [1.165, 1.54) is 15.5 Å². The van der Waals surface area contributed by atoms with Gasteiger partial charge in [0.05, 0.1) is 5.58 Å². The molecule has 0 unspecified atom stereocenters. The third-order valence-corrected chi connectivity index (χ3v) is 11.9. The normalized spacial score (nSPS) is 11.8.